The van der Waals surface area contributed by atoms with Crippen LogP contribution in [0, 0.1) is 0 Å². The van der Waals surface area contributed by atoms with Crippen LogP contribution in [0.5, 0.6) is 0 Å². The minimum absolute atomic E-state index is 0.206. The summed E-state index contributed by atoms with van der Waals surface area (Å²) in [5.41, 5.74) is 8.87. The van der Waals surface area contributed by atoms with Crippen molar-refractivity contribution >= 4 is 17.5 Å². The van der Waals surface area contributed by atoms with Crippen LogP contribution in [0.15, 0.2) is 18.2 Å². The van der Waals surface area contributed by atoms with Crippen molar-refractivity contribution in [2.75, 3.05) is 30.3 Å². The Morgan fingerprint density at radius 1 is 1.32 bits per heavy atom. The van der Waals surface area contributed by atoms with Gasteiger partial charge in [0, 0.05) is 37.1 Å². The van der Waals surface area contributed by atoms with E-state index in [0.29, 0.717) is 6.04 Å². The number of hydrogen-bond acceptors (Lipinski definition) is 4. The number of hydrogen-bond donors (Lipinski definition) is 1. The number of likely N-dealkylation sites (tertiary alicyclic amines) is 1. The minimum atomic E-state index is -0.441. The fourth-order valence-electron chi connectivity index (χ4n) is 3.29. The molecule has 3 rings (SSSR count). The molecule has 120 valence electrons. The molecule has 0 aromatic heterocycles. The fourth-order valence-corrected chi connectivity index (χ4v) is 3.29. The molecule has 2 aliphatic heterocycles. The second-order valence-electron chi connectivity index (χ2n) is 7.20. The molecule has 5 heteroatoms. The number of benzene rings is 1. The molecule has 2 N–H and O–H groups in total. The number of fused-ring (bicyclic) bond motifs is 1. The highest BCUT2D eigenvalue weighted by Gasteiger charge is 2.35. The lowest BCUT2D eigenvalue weighted by molar-refractivity contribution is 0.0292. The third-order valence-corrected chi connectivity index (χ3v) is 4.30. The number of nitrogens with two attached hydrogens (primary N) is 1. The smallest absolute Gasteiger partial charge is 0.410 e. The SMILES string of the molecule is CC(C)(C)OC(=O)N1CCC(N2CCc3ccc(N)cc32)C1. The zero-order valence-electron chi connectivity index (χ0n) is 13.6. The first-order valence-corrected chi connectivity index (χ1v) is 7.96. The van der Waals surface area contributed by atoms with Crippen molar-refractivity contribution < 1.29 is 9.53 Å². The predicted molar refractivity (Wildman–Crippen MR) is 88.1 cm³/mol. The standard InChI is InChI=1S/C17H25N3O2/c1-17(2,3)22-16(21)19-8-7-14(11-19)20-9-6-12-4-5-13(18)10-15(12)20/h4-5,10,14H,6-9,11,18H2,1-3H3. The molecular formula is C17H25N3O2. The summed E-state index contributed by atoms with van der Waals surface area (Å²) in [6, 6.07) is 6.49. The molecule has 1 saturated heterocycles. The largest absolute Gasteiger partial charge is 0.444 e. The van der Waals surface area contributed by atoms with Gasteiger partial charge in [0.2, 0.25) is 0 Å². The molecule has 1 atom stereocenters. The Morgan fingerprint density at radius 3 is 2.82 bits per heavy atom. The normalized spacial score (nSPS) is 21.1. The second-order valence-corrected chi connectivity index (χ2v) is 7.20. The Hall–Kier alpha value is -1.91. The van der Waals surface area contributed by atoms with Crippen molar-refractivity contribution in [2.45, 2.75) is 45.3 Å². The quantitative estimate of drug-likeness (QED) is 0.810. The topological polar surface area (TPSA) is 58.8 Å². The van der Waals surface area contributed by atoms with Crippen molar-refractivity contribution in [3.8, 4) is 0 Å². The molecule has 1 amide bonds. The highest BCUT2D eigenvalue weighted by atomic mass is 16.6. The van der Waals surface area contributed by atoms with E-state index in [4.69, 9.17) is 10.5 Å². The van der Waals surface area contributed by atoms with E-state index in [-0.39, 0.29) is 6.09 Å². The first kappa shape index (κ1) is 15.0. The first-order valence-electron chi connectivity index (χ1n) is 7.96. The van der Waals surface area contributed by atoms with Gasteiger partial charge in [-0.05, 0) is 51.3 Å². The molecule has 5 nitrogen and oxygen atoms in total. The third-order valence-electron chi connectivity index (χ3n) is 4.30. The summed E-state index contributed by atoms with van der Waals surface area (Å²) in [5, 5.41) is 0. The van der Waals surface area contributed by atoms with Crippen LogP contribution in [-0.4, -0.2) is 42.3 Å². The third kappa shape index (κ3) is 2.98. The number of anilines is 2. The summed E-state index contributed by atoms with van der Waals surface area (Å²) in [4.78, 5) is 16.4. The van der Waals surface area contributed by atoms with Crippen molar-refractivity contribution in [3.05, 3.63) is 23.8 Å². The van der Waals surface area contributed by atoms with Gasteiger partial charge in [0.15, 0.2) is 0 Å². The van der Waals surface area contributed by atoms with Gasteiger partial charge in [0.1, 0.15) is 5.60 Å². The lowest BCUT2D eigenvalue weighted by Crippen LogP contribution is -2.40. The van der Waals surface area contributed by atoms with Gasteiger partial charge in [0.25, 0.3) is 0 Å². The first-order chi connectivity index (χ1) is 10.3. The molecule has 1 fully saturated rings. The minimum Gasteiger partial charge on any atom is -0.444 e. The number of nitrogen functional groups attached to an aromatic ring is 1. The average molecular weight is 303 g/mol. The van der Waals surface area contributed by atoms with Crippen LogP contribution < -0.4 is 10.6 Å². The van der Waals surface area contributed by atoms with Gasteiger partial charge in [-0.2, -0.15) is 0 Å². The maximum Gasteiger partial charge on any atom is 0.410 e. The molecule has 0 radical (unpaired) electrons. The number of rotatable bonds is 1. The lowest BCUT2D eigenvalue weighted by atomic mass is 10.1. The Balaban J connectivity index is 1.67. The molecule has 0 saturated carbocycles. The summed E-state index contributed by atoms with van der Waals surface area (Å²) < 4.78 is 5.47. The van der Waals surface area contributed by atoms with E-state index < -0.39 is 5.60 Å². The van der Waals surface area contributed by atoms with E-state index in [1.54, 1.807) is 0 Å². The predicted octanol–water partition coefficient (Wildman–Crippen LogP) is 2.64. The monoisotopic (exact) mass is 303 g/mol. The molecule has 0 spiro atoms. The van der Waals surface area contributed by atoms with Crippen molar-refractivity contribution in [1.82, 2.24) is 4.90 Å². The van der Waals surface area contributed by atoms with E-state index in [9.17, 15) is 4.79 Å². The zero-order valence-corrected chi connectivity index (χ0v) is 13.6. The zero-order chi connectivity index (χ0) is 15.9. The summed E-state index contributed by atoms with van der Waals surface area (Å²) in [6.07, 6.45) is 1.83. The summed E-state index contributed by atoms with van der Waals surface area (Å²) in [7, 11) is 0. The Bertz CT molecular complexity index is 580. The van der Waals surface area contributed by atoms with Gasteiger partial charge >= 0.3 is 6.09 Å². The summed E-state index contributed by atoms with van der Waals surface area (Å²) in [6.45, 7) is 8.19. The number of ether oxygens (including phenoxy) is 1. The highest BCUT2D eigenvalue weighted by Crippen LogP contribution is 2.34. The Morgan fingerprint density at radius 2 is 2.09 bits per heavy atom. The van der Waals surface area contributed by atoms with E-state index >= 15 is 0 Å². The van der Waals surface area contributed by atoms with Crippen molar-refractivity contribution in [2.24, 2.45) is 0 Å². The van der Waals surface area contributed by atoms with Crippen LogP contribution in [0.25, 0.3) is 0 Å². The van der Waals surface area contributed by atoms with Crippen LogP contribution in [0.3, 0.4) is 0 Å². The summed E-state index contributed by atoms with van der Waals surface area (Å²) >= 11 is 0. The molecule has 1 aromatic rings. The van der Waals surface area contributed by atoms with Crippen LogP contribution >= 0.6 is 0 Å². The Labute approximate surface area is 132 Å². The maximum atomic E-state index is 12.2. The van der Waals surface area contributed by atoms with Gasteiger partial charge in [-0.25, -0.2) is 4.79 Å². The highest BCUT2D eigenvalue weighted by molar-refractivity contribution is 5.69. The van der Waals surface area contributed by atoms with Crippen molar-refractivity contribution in [1.29, 1.82) is 0 Å². The molecule has 22 heavy (non-hydrogen) atoms. The molecule has 2 heterocycles. The lowest BCUT2D eigenvalue weighted by Gasteiger charge is -2.28. The van der Waals surface area contributed by atoms with E-state index in [1.807, 2.05) is 31.7 Å². The molecule has 1 aromatic carbocycles. The number of amides is 1. The van der Waals surface area contributed by atoms with Gasteiger partial charge < -0.3 is 20.3 Å². The maximum absolute atomic E-state index is 12.2. The van der Waals surface area contributed by atoms with Crippen LogP contribution in [-0.2, 0) is 11.2 Å². The molecule has 0 bridgehead atoms. The number of carbonyl (C=O) groups is 1. The van der Waals surface area contributed by atoms with Gasteiger partial charge in [0.05, 0.1) is 0 Å². The fraction of sp³-hybridized carbons (Fsp3) is 0.588. The second kappa shape index (κ2) is 5.38. The van der Waals surface area contributed by atoms with Gasteiger partial charge in [-0.3, -0.25) is 0 Å². The average Bonchev–Trinajstić information content (AvgIpc) is 3.01. The Kier molecular flexibility index (Phi) is 3.67. The van der Waals surface area contributed by atoms with E-state index in [1.165, 1.54) is 11.3 Å². The molecule has 2 aliphatic rings. The van der Waals surface area contributed by atoms with E-state index in [2.05, 4.69) is 17.0 Å². The van der Waals surface area contributed by atoms with Crippen molar-refractivity contribution in [3.63, 3.8) is 0 Å². The van der Waals surface area contributed by atoms with E-state index in [0.717, 1.165) is 38.2 Å². The molecule has 1 unspecified atom stereocenters. The van der Waals surface area contributed by atoms with Gasteiger partial charge in [-0.1, -0.05) is 6.07 Å². The molecular weight excluding hydrogens is 278 g/mol. The van der Waals surface area contributed by atoms with Crippen LogP contribution in [0.4, 0.5) is 16.2 Å². The van der Waals surface area contributed by atoms with Crippen LogP contribution in [0.1, 0.15) is 32.8 Å². The summed E-state index contributed by atoms with van der Waals surface area (Å²) in [5.74, 6) is 0. The molecule has 0 aliphatic carbocycles. The number of nitrogens with zero attached hydrogens (tertiary/aromatic N) is 2. The van der Waals surface area contributed by atoms with Gasteiger partial charge in [-0.15, -0.1) is 0 Å². The number of carbonyl (C=O) groups excluding carboxylic acids is 1. The van der Waals surface area contributed by atoms with Crippen LogP contribution in [0.2, 0.25) is 0 Å².